The highest BCUT2D eigenvalue weighted by Crippen LogP contribution is 2.25. The summed E-state index contributed by atoms with van der Waals surface area (Å²) in [7, 11) is 0. The number of likely N-dealkylation sites (tertiary alicyclic amines) is 1. The van der Waals surface area contributed by atoms with Gasteiger partial charge in [0.1, 0.15) is 0 Å². The molecule has 6 heteroatoms. The number of rotatable bonds is 4. The van der Waals surface area contributed by atoms with Gasteiger partial charge in [0.05, 0.1) is 25.3 Å². The van der Waals surface area contributed by atoms with Crippen LogP contribution in [0.25, 0.3) is 0 Å². The highest BCUT2D eigenvalue weighted by atomic mass is 16.5. The SMILES string of the molecule is CC(C)OC1CN(C(=O)Nc2cccc(N3CCCC3=O)c2)C1. The molecule has 0 aliphatic carbocycles. The first-order chi connectivity index (χ1) is 11.0. The Balaban J connectivity index is 1.56. The molecule has 2 aliphatic rings. The van der Waals surface area contributed by atoms with E-state index in [0.717, 1.165) is 18.7 Å². The van der Waals surface area contributed by atoms with E-state index in [9.17, 15) is 9.59 Å². The second kappa shape index (κ2) is 6.58. The second-order valence-electron chi connectivity index (χ2n) is 6.34. The van der Waals surface area contributed by atoms with Crippen LogP contribution in [0.2, 0.25) is 0 Å². The second-order valence-corrected chi connectivity index (χ2v) is 6.34. The maximum atomic E-state index is 12.2. The largest absolute Gasteiger partial charge is 0.372 e. The summed E-state index contributed by atoms with van der Waals surface area (Å²) in [6.07, 6.45) is 1.80. The minimum absolute atomic E-state index is 0.126. The van der Waals surface area contributed by atoms with E-state index < -0.39 is 0 Å². The fourth-order valence-corrected chi connectivity index (χ4v) is 2.95. The Morgan fingerprint density at radius 3 is 2.78 bits per heavy atom. The first-order valence-corrected chi connectivity index (χ1v) is 8.15. The van der Waals surface area contributed by atoms with E-state index in [1.807, 2.05) is 38.1 Å². The van der Waals surface area contributed by atoms with Crippen LogP contribution < -0.4 is 10.2 Å². The molecule has 0 bridgehead atoms. The van der Waals surface area contributed by atoms with Gasteiger partial charge in [-0.3, -0.25) is 4.79 Å². The molecule has 1 aromatic rings. The van der Waals surface area contributed by atoms with Gasteiger partial charge in [0.2, 0.25) is 5.91 Å². The zero-order valence-corrected chi connectivity index (χ0v) is 13.6. The molecule has 1 N–H and O–H groups in total. The normalized spacial score (nSPS) is 18.5. The number of nitrogens with one attached hydrogen (secondary N) is 1. The molecule has 3 amide bonds. The summed E-state index contributed by atoms with van der Waals surface area (Å²) in [5, 5.41) is 2.89. The Bertz CT molecular complexity index is 597. The van der Waals surface area contributed by atoms with Gasteiger partial charge in [-0.25, -0.2) is 4.79 Å². The van der Waals surface area contributed by atoms with Crippen LogP contribution in [-0.4, -0.2) is 48.7 Å². The quantitative estimate of drug-likeness (QED) is 0.928. The Morgan fingerprint density at radius 2 is 2.13 bits per heavy atom. The van der Waals surface area contributed by atoms with Crippen LogP contribution >= 0.6 is 0 Å². The van der Waals surface area contributed by atoms with E-state index in [2.05, 4.69) is 5.32 Å². The molecule has 1 aromatic carbocycles. The smallest absolute Gasteiger partial charge is 0.322 e. The fraction of sp³-hybridized carbons (Fsp3) is 0.529. The summed E-state index contributed by atoms with van der Waals surface area (Å²) in [5.74, 6) is 0.143. The molecule has 23 heavy (non-hydrogen) atoms. The third-order valence-corrected chi connectivity index (χ3v) is 4.08. The minimum Gasteiger partial charge on any atom is -0.372 e. The number of amides is 3. The molecular formula is C17H23N3O3. The van der Waals surface area contributed by atoms with Crippen molar-refractivity contribution in [2.45, 2.75) is 38.9 Å². The van der Waals surface area contributed by atoms with E-state index >= 15 is 0 Å². The van der Waals surface area contributed by atoms with E-state index in [-0.39, 0.29) is 24.1 Å². The van der Waals surface area contributed by atoms with Crippen molar-refractivity contribution in [1.29, 1.82) is 0 Å². The molecule has 0 spiro atoms. The number of nitrogens with zero attached hydrogens (tertiary/aromatic N) is 2. The van der Waals surface area contributed by atoms with Gasteiger partial charge < -0.3 is 19.9 Å². The third kappa shape index (κ3) is 3.64. The van der Waals surface area contributed by atoms with Crippen LogP contribution in [-0.2, 0) is 9.53 Å². The van der Waals surface area contributed by atoms with Crippen molar-refractivity contribution >= 4 is 23.3 Å². The van der Waals surface area contributed by atoms with Crippen molar-refractivity contribution < 1.29 is 14.3 Å². The van der Waals surface area contributed by atoms with Crippen molar-refractivity contribution in [2.75, 3.05) is 29.9 Å². The number of hydrogen-bond donors (Lipinski definition) is 1. The number of anilines is 2. The molecule has 0 unspecified atom stereocenters. The average Bonchev–Trinajstić information content (AvgIpc) is 2.88. The fourth-order valence-electron chi connectivity index (χ4n) is 2.95. The van der Waals surface area contributed by atoms with Gasteiger partial charge >= 0.3 is 6.03 Å². The lowest BCUT2D eigenvalue weighted by atomic mass is 10.2. The zero-order valence-electron chi connectivity index (χ0n) is 13.6. The standard InChI is InChI=1S/C17H23N3O3/c1-12(2)23-15-10-19(11-15)17(22)18-13-5-3-6-14(9-13)20-8-4-7-16(20)21/h3,5-6,9,12,15H,4,7-8,10-11H2,1-2H3,(H,18,22). The topological polar surface area (TPSA) is 61.9 Å². The summed E-state index contributed by atoms with van der Waals surface area (Å²) >= 11 is 0. The predicted molar refractivity (Wildman–Crippen MR) is 88.6 cm³/mol. The van der Waals surface area contributed by atoms with Crippen molar-refractivity contribution in [3.8, 4) is 0 Å². The van der Waals surface area contributed by atoms with Gasteiger partial charge in [-0.15, -0.1) is 0 Å². The highest BCUT2D eigenvalue weighted by molar-refractivity contribution is 5.96. The van der Waals surface area contributed by atoms with Gasteiger partial charge in [-0.1, -0.05) is 6.07 Å². The molecular weight excluding hydrogens is 294 g/mol. The lowest BCUT2D eigenvalue weighted by Crippen LogP contribution is -2.56. The highest BCUT2D eigenvalue weighted by Gasteiger charge is 2.32. The monoisotopic (exact) mass is 317 g/mol. The van der Waals surface area contributed by atoms with E-state index in [1.54, 1.807) is 9.80 Å². The van der Waals surface area contributed by atoms with Gasteiger partial charge in [-0.2, -0.15) is 0 Å². The van der Waals surface area contributed by atoms with Crippen molar-refractivity contribution in [1.82, 2.24) is 4.90 Å². The molecule has 0 saturated carbocycles. The van der Waals surface area contributed by atoms with Crippen molar-refractivity contribution in [3.63, 3.8) is 0 Å². The predicted octanol–water partition coefficient (Wildman–Crippen LogP) is 2.45. The van der Waals surface area contributed by atoms with Crippen LogP contribution in [0.3, 0.4) is 0 Å². The Labute approximate surface area is 136 Å². The number of urea groups is 1. The first kappa shape index (κ1) is 15.8. The number of ether oxygens (including phenoxy) is 1. The molecule has 3 rings (SSSR count). The van der Waals surface area contributed by atoms with Gasteiger partial charge in [0, 0.05) is 24.3 Å². The molecule has 2 aliphatic heterocycles. The first-order valence-electron chi connectivity index (χ1n) is 8.15. The Morgan fingerprint density at radius 1 is 1.35 bits per heavy atom. The van der Waals surface area contributed by atoms with Gasteiger partial charge in [0.15, 0.2) is 0 Å². The summed E-state index contributed by atoms with van der Waals surface area (Å²) < 4.78 is 5.65. The number of hydrogen-bond acceptors (Lipinski definition) is 3. The average molecular weight is 317 g/mol. The van der Waals surface area contributed by atoms with Crippen molar-refractivity contribution in [2.24, 2.45) is 0 Å². The summed E-state index contributed by atoms with van der Waals surface area (Å²) in [6.45, 7) is 5.97. The molecule has 0 atom stereocenters. The molecule has 2 fully saturated rings. The van der Waals surface area contributed by atoms with E-state index in [1.165, 1.54) is 0 Å². The van der Waals surface area contributed by atoms with Crippen LogP contribution in [0.15, 0.2) is 24.3 Å². The zero-order chi connectivity index (χ0) is 16.4. The molecule has 2 saturated heterocycles. The van der Waals surface area contributed by atoms with Crippen LogP contribution in [0.1, 0.15) is 26.7 Å². The van der Waals surface area contributed by atoms with E-state index in [0.29, 0.717) is 25.2 Å². The number of carbonyl (C=O) groups excluding carboxylic acids is 2. The lowest BCUT2D eigenvalue weighted by Gasteiger charge is -2.39. The Kier molecular flexibility index (Phi) is 4.52. The summed E-state index contributed by atoms with van der Waals surface area (Å²) in [4.78, 5) is 27.5. The van der Waals surface area contributed by atoms with Crippen LogP contribution in [0.4, 0.5) is 16.2 Å². The minimum atomic E-state index is -0.126. The number of carbonyl (C=O) groups is 2. The number of benzene rings is 1. The third-order valence-electron chi connectivity index (χ3n) is 4.08. The molecule has 2 heterocycles. The molecule has 124 valence electrons. The van der Waals surface area contributed by atoms with Crippen LogP contribution in [0.5, 0.6) is 0 Å². The van der Waals surface area contributed by atoms with Gasteiger partial charge in [0.25, 0.3) is 0 Å². The van der Waals surface area contributed by atoms with Crippen LogP contribution in [0, 0.1) is 0 Å². The molecule has 0 aromatic heterocycles. The van der Waals surface area contributed by atoms with Gasteiger partial charge in [-0.05, 0) is 38.5 Å². The molecule has 6 nitrogen and oxygen atoms in total. The Hall–Kier alpha value is -2.08. The summed E-state index contributed by atoms with van der Waals surface area (Å²) in [5.41, 5.74) is 1.55. The maximum absolute atomic E-state index is 12.2. The van der Waals surface area contributed by atoms with Crippen molar-refractivity contribution in [3.05, 3.63) is 24.3 Å². The lowest BCUT2D eigenvalue weighted by molar-refractivity contribution is -0.117. The maximum Gasteiger partial charge on any atom is 0.322 e. The molecule has 0 radical (unpaired) electrons. The van der Waals surface area contributed by atoms with E-state index in [4.69, 9.17) is 4.74 Å². The summed E-state index contributed by atoms with van der Waals surface area (Å²) in [6, 6.07) is 7.32.